The maximum atomic E-state index is 11.4. The summed E-state index contributed by atoms with van der Waals surface area (Å²) in [6.45, 7) is 2.77. The lowest BCUT2D eigenvalue weighted by molar-refractivity contribution is -0.145. The first-order valence-corrected chi connectivity index (χ1v) is 11.4. The highest BCUT2D eigenvalue weighted by molar-refractivity contribution is 7.99. The molecule has 2 aromatic rings. The Morgan fingerprint density at radius 1 is 1.29 bits per heavy atom. The second-order valence-corrected chi connectivity index (χ2v) is 8.61. The molecule has 1 fully saturated rings. The molecule has 4 N–H and O–H groups in total. The molecule has 0 radical (unpaired) electrons. The maximum absolute atomic E-state index is 11.4. The Balaban J connectivity index is 1.99. The highest BCUT2D eigenvalue weighted by Gasteiger charge is 2.47. The van der Waals surface area contributed by atoms with Crippen LogP contribution in [0.3, 0.4) is 0 Å². The Morgan fingerprint density at radius 3 is 2.71 bits per heavy atom. The highest BCUT2D eigenvalue weighted by Crippen LogP contribution is 2.37. The molecule has 0 aromatic carbocycles. The van der Waals surface area contributed by atoms with Crippen molar-refractivity contribution in [2.75, 3.05) is 29.6 Å². The van der Waals surface area contributed by atoms with Gasteiger partial charge in [-0.05, 0) is 19.1 Å². The fourth-order valence-electron chi connectivity index (χ4n) is 3.18. The molecule has 0 spiro atoms. The van der Waals surface area contributed by atoms with Gasteiger partial charge in [0.05, 0.1) is 18.1 Å². The fraction of sp³-hybridized carbons (Fsp3) is 0.688. The van der Waals surface area contributed by atoms with Gasteiger partial charge in [-0.1, -0.05) is 23.9 Å². The van der Waals surface area contributed by atoms with Crippen molar-refractivity contribution in [1.82, 2.24) is 25.0 Å². The smallest absolute Gasteiger partial charge is 0.309 e. The van der Waals surface area contributed by atoms with E-state index in [4.69, 9.17) is 0 Å². The van der Waals surface area contributed by atoms with Crippen molar-refractivity contribution in [2.45, 2.75) is 43.2 Å². The van der Waals surface area contributed by atoms with Crippen LogP contribution in [0.25, 0.3) is 11.2 Å². The summed E-state index contributed by atoms with van der Waals surface area (Å²) < 4.78 is 1.42. The first-order valence-electron chi connectivity index (χ1n) is 9.05. The van der Waals surface area contributed by atoms with Gasteiger partial charge in [-0.15, -0.1) is 5.10 Å². The summed E-state index contributed by atoms with van der Waals surface area (Å²) in [5.41, 5.74) is 0.880. The number of carboxylic acid groups (broad SMARTS) is 1. The molecule has 1 aliphatic carbocycles. The summed E-state index contributed by atoms with van der Waals surface area (Å²) in [6.07, 6.45) is 0.401. The predicted molar refractivity (Wildman–Crippen MR) is 108 cm³/mol. The second kappa shape index (κ2) is 9.25. The first kappa shape index (κ1) is 21.1. The zero-order chi connectivity index (χ0) is 20.3. The first-order chi connectivity index (χ1) is 13.5. The molecule has 0 saturated heterocycles. The maximum Gasteiger partial charge on any atom is 0.309 e. The van der Waals surface area contributed by atoms with Crippen LogP contribution in [0.1, 0.15) is 25.8 Å². The standard InChI is InChI=1S/C16H24N6O4S2/c1-3-5-28-16-18-13(17-4-6-27-2)10-14(19-16)22(21-20-10)9-7-8(15(25)26)11(23)12(9)24/h8-9,11-12,23-24H,3-7H2,1-2H3,(H,25,26)(H,17,18,19)/t8-,9+,11+,12-/m0/s1. The van der Waals surface area contributed by atoms with Gasteiger partial charge >= 0.3 is 5.97 Å². The molecule has 2 aromatic heterocycles. The van der Waals surface area contributed by atoms with Crippen LogP contribution in [0.5, 0.6) is 0 Å². The van der Waals surface area contributed by atoms with Crippen molar-refractivity contribution in [3.63, 3.8) is 0 Å². The Labute approximate surface area is 170 Å². The average molecular weight is 429 g/mol. The van der Waals surface area contributed by atoms with E-state index < -0.39 is 30.1 Å². The van der Waals surface area contributed by atoms with E-state index in [1.165, 1.54) is 16.4 Å². The minimum atomic E-state index is -1.36. The molecular weight excluding hydrogens is 404 g/mol. The van der Waals surface area contributed by atoms with Crippen LogP contribution in [0, 0.1) is 5.92 Å². The molecule has 1 saturated carbocycles. The minimum Gasteiger partial charge on any atom is -0.481 e. The molecule has 0 bridgehead atoms. The highest BCUT2D eigenvalue weighted by atomic mass is 32.2. The van der Waals surface area contributed by atoms with Crippen molar-refractivity contribution in [3.8, 4) is 0 Å². The van der Waals surface area contributed by atoms with Gasteiger partial charge < -0.3 is 20.6 Å². The molecule has 12 heteroatoms. The Kier molecular flexibility index (Phi) is 6.96. The molecule has 0 aliphatic heterocycles. The number of hydrogen-bond donors (Lipinski definition) is 4. The molecule has 10 nitrogen and oxygen atoms in total. The monoisotopic (exact) mass is 428 g/mol. The molecule has 0 unspecified atom stereocenters. The van der Waals surface area contributed by atoms with Gasteiger partial charge in [0, 0.05) is 18.1 Å². The number of carbonyl (C=O) groups is 1. The molecule has 0 amide bonds. The van der Waals surface area contributed by atoms with Crippen LogP contribution in [0.4, 0.5) is 5.82 Å². The number of hydrogen-bond acceptors (Lipinski definition) is 10. The number of nitrogens with one attached hydrogen (secondary N) is 1. The van der Waals surface area contributed by atoms with Crippen molar-refractivity contribution in [3.05, 3.63) is 0 Å². The summed E-state index contributed by atoms with van der Waals surface area (Å²) in [5, 5.41) is 41.9. The number of anilines is 1. The van der Waals surface area contributed by atoms with E-state index in [-0.39, 0.29) is 6.42 Å². The zero-order valence-electron chi connectivity index (χ0n) is 15.6. The summed E-state index contributed by atoms with van der Waals surface area (Å²) in [6, 6.07) is -0.723. The van der Waals surface area contributed by atoms with Gasteiger partial charge in [0.15, 0.2) is 22.1 Å². The number of aromatic nitrogens is 5. The molecule has 4 atom stereocenters. The Hall–Kier alpha value is -1.63. The molecule has 154 valence electrons. The van der Waals surface area contributed by atoms with Gasteiger partial charge in [-0.2, -0.15) is 11.8 Å². The van der Waals surface area contributed by atoms with Crippen LogP contribution in [-0.4, -0.2) is 82.8 Å². The normalized spacial score (nSPS) is 24.7. The predicted octanol–water partition coefficient (Wildman–Crippen LogP) is 0.866. The number of fused-ring (bicyclic) bond motifs is 1. The lowest BCUT2D eigenvalue weighted by Gasteiger charge is -2.16. The van der Waals surface area contributed by atoms with Crippen LogP contribution < -0.4 is 5.32 Å². The molecule has 2 heterocycles. The minimum absolute atomic E-state index is 0.0484. The number of aliphatic hydroxyl groups excluding tert-OH is 2. The van der Waals surface area contributed by atoms with E-state index in [2.05, 4.69) is 32.5 Å². The van der Waals surface area contributed by atoms with E-state index in [9.17, 15) is 20.1 Å². The van der Waals surface area contributed by atoms with E-state index in [0.29, 0.717) is 28.7 Å². The van der Waals surface area contributed by atoms with Gasteiger partial charge in [0.2, 0.25) is 0 Å². The summed E-state index contributed by atoms with van der Waals surface area (Å²) >= 11 is 3.21. The topological polar surface area (TPSA) is 146 Å². The third-order valence-corrected chi connectivity index (χ3v) is 6.29. The number of carboxylic acids is 1. The molecular formula is C16H24N6O4S2. The zero-order valence-corrected chi connectivity index (χ0v) is 17.3. The number of rotatable bonds is 9. The largest absolute Gasteiger partial charge is 0.481 e. The Bertz CT molecular complexity index is 835. The lowest BCUT2D eigenvalue weighted by atomic mass is 10.1. The van der Waals surface area contributed by atoms with Gasteiger partial charge in [0.25, 0.3) is 0 Å². The van der Waals surface area contributed by atoms with Crippen molar-refractivity contribution in [1.29, 1.82) is 0 Å². The van der Waals surface area contributed by atoms with Crippen molar-refractivity contribution < 1.29 is 20.1 Å². The summed E-state index contributed by atoms with van der Waals surface area (Å²) in [5.74, 6) is 0.0984. The third-order valence-electron chi connectivity index (χ3n) is 4.62. The summed E-state index contributed by atoms with van der Waals surface area (Å²) in [4.78, 5) is 20.4. The number of nitrogens with zero attached hydrogens (tertiary/aromatic N) is 5. The average Bonchev–Trinajstić information content (AvgIpc) is 3.22. The second-order valence-electron chi connectivity index (χ2n) is 6.56. The van der Waals surface area contributed by atoms with Crippen LogP contribution in [0.15, 0.2) is 5.16 Å². The SMILES string of the molecule is CCCSc1nc(NCCSC)c2nnn([C@@H]3C[C@H](C(=O)O)[C@@H](O)[C@H]3O)c2n1. The lowest BCUT2D eigenvalue weighted by Crippen LogP contribution is -2.32. The van der Waals surface area contributed by atoms with Crippen molar-refractivity contribution >= 4 is 46.5 Å². The van der Waals surface area contributed by atoms with Crippen LogP contribution >= 0.6 is 23.5 Å². The van der Waals surface area contributed by atoms with Crippen LogP contribution in [-0.2, 0) is 4.79 Å². The van der Waals surface area contributed by atoms with Gasteiger partial charge in [-0.3, -0.25) is 4.79 Å². The summed E-state index contributed by atoms with van der Waals surface area (Å²) in [7, 11) is 0. The fourth-order valence-corrected chi connectivity index (χ4v) is 4.18. The number of thioether (sulfide) groups is 2. The van der Waals surface area contributed by atoms with Crippen molar-refractivity contribution in [2.24, 2.45) is 5.92 Å². The number of aliphatic hydroxyl groups is 2. The number of aliphatic carboxylic acids is 1. The molecule has 28 heavy (non-hydrogen) atoms. The van der Waals surface area contributed by atoms with E-state index in [1.807, 2.05) is 6.26 Å². The van der Waals surface area contributed by atoms with E-state index in [1.54, 1.807) is 11.8 Å². The van der Waals surface area contributed by atoms with E-state index >= 15 is 0 Å². The quantitative estimate of drug-likeness (QED) is 0.256. The molecule has 3 rings (SSSR count). The third kappa shape index (κ3) is 4.19. The molecule has 1 aliphatic rings. The van der Waals surface area contributed by atoms with Gasteiger partial charge in [-0.25, -0.2) is 14.6 Å². The van der Waals surface area contributed by atoms with Crippen LogP contribution in [0.2, 0.25) is 0 Å². The van der Waals surface area contributed by atoms with E-state index in [0.717, 1.165) is 17.9 Å². The Morgan fingerprint density at radius 2 is 2.07 bits per heavy atom. The van der Waals surface area contributed by atoms with Gasteiger partial charge in [0.1, 0.15) is 6.10 Å².